The molecule has 1 aliphatic carbocycles. The van der Waals surface area contributed by atoms with Crippen LogP contribution in [0.25, 0.3) is 0 Å². The van der Waals surface area contributed by atoms with Crippen LogP contribution in [0.3, 0.4) is 0 Å². The number of nitrogens with zero attached hydrogens (tertiary/aromatic N) is 1. The Bertz CT molecular complexity index is 967. The molecule has 3 amide bonds. The second-order valence-electron chi connectivity index (χ2n) is 7.99. The van der Waals surface area contributed by atoms with E-state index in [9.17, 15) is 14.4 Å². The highest BCUT2D eigenvalue weighted by atomic mass is 16.5. The molecular formula is C23H24N2O5. The monoisotopic (exact) mass is 408 g/mol. The Balaban J connectivity index is 1.56. The summed E-state index contributed by atoms with van der Waals surface area (Å²) in [5.41, 5.74) is -0.791. The third-order valence-electron chi connectivity index (χ3n) is 6.29. The second-order valence-corrected chi connectivity index (χ2v) is 7.99. The molecule has 0 radical (unpaired) electrons. The number of β-lactam (4-membered cyclic amide) rings is 1. The summed E-state index contributed by atoms with van der Waals surface area (Å²) >= 11 is 0. The minimum Gasteiger partial charge on any atom is -0.478 e. The van der Waals surface area contributed by atoms with E-state index in [0.29, 0.717) is 25.1 Å². The maximum atomic E-state index is 13.1. The summed E-state index contributed by atoms with van der Waals surface area (Å²) in [6.45, 7) is 2.08. The zero-order chi connectivity index (χ0) is 21.4. The van der Waals surface area contributed by atoms with Gasteiger partial charge in [0.1, 0.15) is 11.2 Å². The molecule has 7 heteroatoms. The van der Waals surface area contributed by atoms with Gasteiger partial charge in [0, 0.05) is 6.54 Å². The van der Waals surface area contributed by atoms with Crippen LogP contribution in [0.2, 0.25) is 0 Å². The van der Waals surface area contributed by atoms with E-state index in [1.165, 1.54) is 17.0 Å². The number of hydrogen-bond acceptors (Lipinski definition) is 4. The molecule has 7 nitrogen and oxygen atoms in total. The lowest BCUT2D eigenvalue weighted by Gasteiger charge is -2.59. The summed E-state index contributed by atoms with van der Waals surface area (Å²) in [6, 6.07) is 15.0. The van der Waals surface area contributed by atoms with E-state index in [1.54, 1.807) is 19.1 Å². The zero-order valence-corrected chi connectivity index (χ0v) is 16.8. The fourth-order valence-electron chi connectivity index (χ4n) is 4.60. The number of likely N-dealkylation sites (tertiary alicyclic amines) is 1. The minimum absolute atomic E-state index is 0.144. The third-order valence-corrected chi connectivity index (χ3v) is 6.29. The first-order valence-corrected chi connectivity index (χ1v) is 10.1. The van der Waals surface area contributed by atoms with Gasteiger partial charge in [0.25, 0.3) is 0 Å². The van der Waals surface area contributed by atoms with Gasteiger partial charge in [-0.25, -0.2) is 14.5 Å². The topological polar surface area (TPSA) is 95.9 Å². The number of aromatic carboxylic acids is 1. The van der Waals surface area contributed by atoms with Gasteiger partial charge < -0.3 is 15.2 Å². The molecule has 0 aromatic heterocycles. The van der Waals surface area contributed by atoms with E-state index >= 15 is 0 Å². The molecule has 2 N–H and O–H groups in total. The molecule has 4 rings (SSSR count). The maximum Gasteiger partial charge on any atom is 0.335 e. The minimum atomic E-state index is -1.13. The van der Waals surface area contributed by atoms with Crippen LogP contribution in [-0.2, 0) is 11.3 Å². The highest BCUT2D eigenvalue weighted by molar-refractivity contribution is 6.05. The van der Waals surface area contributed by atoms with Crippen molar-refractivity contribution >= 4 is 17.9 Å². The predicted octanol–water partition coefficient (Wildman–Crippen LogP) is 3.79. The van der Waals surface area contributed by atoms with Crippen LogP contribution < -0.4 is 10.1 Å². The van der Waals surface area contributed by atoms with Crippen molar-refractivity contribution in [2.45, 2.75) is 44.9 Å². The van der Waals surface area contributed by atoms with Crippen LogP contribution in [-0.4, -0.2) is 33.6 Å². The fourth-order valence-corrected chi connectivity index (χ4v) is 4.60. The number of hydrogen-bond donors (Lipinski definition) is 2. The summed E-state index contributed by atoms with van der Waals surface area (Å²) in [7, 11) is 0. The number of carbonyl (C=O) groups is 3. The first kappa shape index (κ1) is 19.9. The largest absolute Gasteiger partial charge is 0.478 e. The molecule has 1 atom stereocenters. The number of imide groups is 1. The van der Waals surface area contributed by atoms with Crippen molar-refractivity contribution in [3.63, 3.8) is 0 Å². The number of carboxylic acid groups (broad SMARTS) is 1. The first-order valence-electron chi connectivity index (χ1n) is 10.1. The van der Waals surface area contributed by atoms with Crippen LogP contribution >= 0.6 is 0 Å². The Hall–Kier alpha value is -3.35. The molecule has 2 aromatic carbocycles. The Morgan fingerprint density at radius 3 is 2.30 bits per heavy atom. The van der Waals surface area contributed by atoms with Crippen LogP contribution in [0.5, 0.6) is 5.75 Å². The van der Waals surface area contributed by atoms with E-state index < -0.39 is 23.1 Å². The summed E-state index contributed by atoms with van der Waals surface area (Å²) < 4.78 is 6.22. The fraction of sp³-hybridized carbons (Fsp3) is 0.348. The first-order chi connectivity index (χ1) is 14.4. The maximum absolute atomic E-state index is 13.1. The zero-order valence-electron chi connectivity index (χ0n) is 16.8. The molecule has 1 saturated carbocycles. The van der Waals surface area contributed by atoms with Crippen molar-refractivity contribution in [2.24, 2.45) is 5.41 Å². The highest BCUT2D eigenvalue weighted by Gasteiger charge is 2.73. The molecule has 1 heterocycles. The summed E-state index contributed by atoms with van der Waals surface area (Å²) in [4.78, 5) is 38.3. The number of urea groups is 1. The standard InChI is InChI=1S/C23H24N2O5/c1-22(30-18-11-9-17(10-12-18)19(26)27)23(13-5-6-14-23)20(28)25(22)21(29)24-15-16-7-3-2-4-8-16/h2-4,7-12H,5-6,13-15H2,1H3,(H,24,29)(H,26,27)/t22-/m1/s1. The number of benzene rings is 2. The summed E-state index contributed by atoms with van der Waals surface area (Å²) in [6.07, 6.45) is 3.14. The average molecular weight is 408 g/mol. The van der Waals surface area contributed by atoms with Crippen molar-refractivity contribution in [3.8, 4) is 5.75 Å². The van der Waals surface area contributed by atoms with E-state index in [1.807, 2.05) is 30.3 Å². The molecule has 1 aliphatic heterocycles. The number of nitrogens with one attached hydrogen (secondary N) is 1. The molecule has 2 fully saturated rings. The lowest BCUT2D eigenvalue weighted by atomic mass is 9.66. The third kappa shape index (κ3) is 3.10. The molecule has 1 saturated heterocycles. The quantitative estimate of drug-likeness (QED) is 0.734. The predicted molar refractivity (Wildman–Crippen MR) is 109 cm³/mol. The average Bonchev–Trinajstić information content (AvgIpc) is 3.27. The molecule has 156 valence electrons. The van der Waals surface area contributed by atoms with E-state index in [-0.39, 0.29) is 11.5 Å². The van der Waals surface area contributed by atoms with Crippen LogP contribution in [0.15, 0.2) is 54.6 Å². The van der Waals surface area contributed by atoms with Gasteiger partial charge in [-0.3, -0.25) is 4.79 Å². The van der Waals surface area contributed by atoms with Crippen molar-refractivity contribution in [1.82, 2.24) is 10.2 Å². The van der Waals surface area contributed by atoms with Gasteiger partial charge in [-0.2, -0.15) is 0 Å². The molecule has 1 spiro atoms. The van der Waals surface area contributed by atoms with Gasteiger partial charge in [0.05, 0.1) is 5.56 Å². The Morgan fingerprint density at radius 1 is 1.07 bits per heavy atom. The van der Waals surface area contributed by atoms with Gasteiger partial charge in [-0.1, -0.05) is 43.2 Å². The number of carboxylic acids is 1. The highest BCUT2D eigenvalue weighted by Crippen LogP contribution is 2.58. The number of rotatable bonds is 5. The SMILES string of the molecule is C[C@]1(Oc2ccc(C(=O)O)cc2)N(C(=O)NCc2ccccc2)C(=O)C12CCCC2. The molecule has 2 aromatic rings. The van der Waals surface area contributed by atoms with Crippen molar-refractivity contribution < 1.29 is 24.2 Å². The Labute approximate surface area is 174 Å². The van der Waals surface area contributed by atoms with Crippen molar-refractivity contribution in [3.05, 3.63) is 65.7 Å². The lowest BCUT2D eigenvalue weighted by Crippen LogP contribution is -2.80. The van der Waals surface area contributed by atoms with E-state index in [2.05, 4.69) is 5.32 Å². The van der Waals surface area contributed by atoms with E-state index in [4.69, 9.17) is 9.84 Å². The molecule has 0 unspecified atom stereocenters. The van der Waals surface area contributed by atoms with Gasteiger partial charge in [-0.15, -0.1) is 0 Å². The van der Waals surface area contributed by atoms with Crippen molar-refractivity contribution in [2.75, 3.05) is 0 Å². The molecule has 2 aliphatic rings. The van der Waals surface area contributed by atoms with Crippen molar-refractivity contribution in [1.29, 1.82) is 0 Å². The van der Waals surface area contributed by atoms with Gasteiger partial charge in [0.15, 0.2) is 0 Å². The van der Waals surface area contributed by atoms with Crippen LogP contribution in [0, 0.1) is 5.41 Å². The Kier molecular flexibility index (Phi) is 4.97. The smallest absolute Gasteiger partial charge is 0.335 e. The number of ether oxygens (including phenoxy) is 1. The van der Waals surface area contributed by atoms with Gasteiger partial charge >= 0.3 is 12.0 Å². The molecule has 0 bridgehead atoms. The van der Waals surface area contributed by atoms with Crippen LogP contribution in [0.4, 0.5) is 4.79 Å². The normalized spacial score (nSPS) is 21.9. The molecular weight excluding hydrogens is 384 g/mol. The van der Waals surface area contributed by atoms with Gasteiger partial charge in [0.2, 0.25) is 11.6 Å². The Morgan fingerprint density at radius 2 is 1.70 bits per heavy atom. The van der Waals surface area contributed by atoms with Crippen LogP contribution in [0.1, 0.15) is 48.5 Å². The second kappa shape index (κ2) is 7.48. The summed E-state index contributed by atoms with van der Waals surface area (Å²) in [5.74, 6) is -0.821. The summed E-state index contributed by atoms with van der Waals surface area (Å²) in [5, 5.41) is 11.9. The van der Waals surface area contributed by atoms with E-state index in [0.717, 1.165) is 18.4 Å². The lowest BCUT2D eigenvalue weighted by molar-refractivity contribution is -0.225. The van der Waals surface area contributed by atoms with Gasteiger partial charge in [-0.05, 0) is 49.6 Å². The number of carbonyl (C=O) groups excluding carboxylic acids is 2. The number of amides is 3. The molecule has 30 heavy (non-hydrogen) atoms.